The van der Waals surface area contributed by atoms with Gasteiger partial charge in [-0.15, -0.1) is 0 Å². The lowest BCUT2D eigenvalue weighted by Crippen LogP contribution is -2.15. The van der Waals surface area contributed by atoms with Gasteiger partial charge >= 0.3 is 5.97 Å². The second-order valence-corrected chi connectivity index (χ2v) is 3.05. The van der Waals surface area contributed by atoms with Crippen molar-refractivity contribution in [3.05, 3.63) is 35.9 Å². The summed E-state index contributed by atoms with van der Waals surface area (Å²) in [4.78, 5) is 19.3. The molecule has 2 rings (SSSR count). The molecule has 0 N–H and O–H groups in total. The maximum absolute atomic E-state index is 11.6. The Labute approximate surface area is 87.3 Å². The molecule has 1 aromatic carbocycles. The van der Waals surface area contributed by atoms with Gasteiger partial charge in [0.05, 0.1) is 5.56 Å². The minimum absolute atomic E-state index is 0.371. The molecule has 0 fully saturated rings. The van der Waals surface area contributed by atoms with Crippen LogP contribution in [0.15, 0.2) is 40.3 Å². The number of rotatable bonds is 1. The van der Waals surface area contributed by atoms with Gasteiger partial charge < -0.3 is 4.74 Å². The highest BCUT2D eigenvalue weighted by Crippen LogP contribution is 2.04. The fraction of sp³-hybridized carbons (Fsp3) is 0.182. The molecule has 1 aliphatic heterocycles. The third-order valence-corrected chi connectivity index (χ3v) is 1.96. The van der Waals surface area contributed by atoms with Crippen molar-refractivity contribution >= 4 is 18.2 Å². The summed E-state index contributed by atoms with van der Waals surface area (Å²) in [6.45, 7) is 0.626. The summed E-state index contributed by atoms with van der Waals surface area (Å²) in [5, 5.41) is 0. The number of carbonyl (C=O) groups is 1. The van der Waals surface area contributed by atoms with E-state index in [1.165, 1.54) is 6.34 Å². The monoisotopic (exact) mass is 202 g/mol. The summed E-state index contributed by atoms with van der Waals surface area (Å²) < 4.78 is 5.10. The molecule has 1 aliphatic rings. The Morgan fingerprint density at radius 1 is 1.27 bits per heavy atom. The molecule has 0 aliphatic carbocycles. The molecule has 0 spiro atoms. The number of hydrogen-bond acceptors (Lipinski definition) is 4. The molecule has 1 heterocycles. The van der Waals surface area contributed by atoms with Gasteiger partial charge in [-0.25, -0.2) is 9.79 Å². The molecule has 4 heteroatoms. The van der Waals surface area contributed by atoms with Gasteiger partial charge in [0.15, 0.2) is 0 Å². The molecule has 1 aromatic rings. The zero-order chi connectivity index (χ0) is 10.5. The van der Waals surface area contributed by atoms with Crippen LogP contribution in [0.5, 0.6) is 0 Å². The number of aliphatic imine (C=N–C) groups is 2. The van der Waals surface area contributed by atoms with Gasteiger partial charge in [0.2, 0.25) is 5.90 Å². The van der Waals surface area contributed by atoms with Gasteiger partial charge in [-0.1, -0.05) is 18.2 Å². The largest absolute Gasteiger partial charge is 0.408 e. The van der Waals surface area contributed by atoms with Crippen molar-refractivity contribution in [3.63, 3.8) is 0 Å². The maximum Gasteiger partial charge on any atom is 0.344 e. The fourth-order valence-electron chi connectivity index (χ4n) is 1.21. The van der Waals surface area contributed by atoms with Crippen LogP contribution in [0, 0.1) is 0 Å². The zero-order valence-electron chi connectivity index (χ0n) is 8.09. The first kappa shape index (κ1) is 9.58. The number of benzene rings is 1. The van der Waals surface area contributed by atoms with E-state index < -0.39 is 0 Å². The molecule has 76 valence electrons. The van der Waals surface area contributed by atoms with Crippen LogP contribution in [-0.4, -0.2) is 24.8 Å². The summed E-state index contributed by atoms with van der Waals surface area (Å²) in [7, 11) is 0. The molecule has 0 amide bonds. The third-order valence-electron chi connectivity index (χ3n) is 1.96. The highest BCUT2D eigenvalue weighted by atomic mass is 16.5. The Morgan fingerprint density at radius 3 is 2.73 bits per heavy atom. The molecular formula is C11H10N2O2. The third kappa shape index (κ3) is 2.49. The van der Waals surface area contributed by atoms with Gasteiger partial charge in [0, 0.05) is 13.0 Å². The topological polar surface area (TPSA) is 51.0 Å². The number of nitrogens with zero attached hydrogens (tertiary/aromatic N) is 2. The first-order valence-corrected chi connectivity index (χ1v) is 4.68. The molecule has 0 unspecified atom stereocenters. The van der Waals surface area contributed by atoms with Crippen molar-refractivity contribution in [3.8, 4) is 0 Å². The maximum atomic E-state index is 11.6. The Bertz CT molecular complexity index is 410. The molecule has 0 atom stereocenters. The summed E-state index contributed by atoms with van der Waals surface area (Å²) in [5.41, 5.74) is 0.530. The highest BCUT2D eigenvalue weighted by molar-refractivity contribution is 6.00. The molecule has 0 saturated heterocycles. The molecule has 0 bridgehead atoms. The Hall–Kier alpha value is -1.97. The van der Waals surface area contributed by atoms with E-state index in [0.717, 1.165) is 0 Å². The van der Waals surface area contributed by atoms with Gasteiger partial charge in [0.1, 0.15) is 6.34 Å². The molecule has 15 heavy (non-hydrogen) atoms. The summed E-state index contributed by atoms with van der Waals surface area (Å²) >= 11 is 0. The standard InChI is InChI=1S/C11H10N2O2/c14-11(9-4-2-1-3-5-9)15-10-6-7-12-8-13-10/h1-5,8H,6-7H2. The Kier molecular flexibility index (Phi) is 2.88. The first-order valence-electron chi connectivity index (χ1n) is 4.68. The molecular weight excluding hydrogens is 192 g/mol. The summed E-state index contributed by atoms with van der Waals surface area (Å²) in [6.07, 6.45) is 1.99. The highest BCUT2D eigenvalue weighted by Gasteiger charge is 2.11. The predicted octanol–water partition coefficient (Wildman–Crippen LogP) is 1.67. The molecule has 0 saturated carbocycles. The van der Waals surface area contributed by atoms with Crippen molar-refractivity contribution < 1.29 is 9.53 Å². The fourth-order valence-corrected chi connectivity index (χ4v) is 1.21. The summed E-state index contributed by atoms with van der Waals surface area (Å²) in [6, 6.07) is 8.85. The van der Waals surface area contributed by atoms with Gasteiger partial charge in [-0.3, -0.25) is 4.99 Å². The molecule has 4 nitrogen and oxygen atoms in total. The quantitative estimate of drug-likeness (QED) is 0.650. The van der Waals surface area contributed by atoms with Crippen molar-refractivity contribution in [2.75, 3.05) is 6.54 Å². The van der Waals surface area contributed by atoms with E-state index in [2.05, 4.69) is 9.98 Å². The van der Waals surface area contributed by atoms with Crippen LogP contribution in [-0.2, 0) is 4.74 Å². The van der Waals surface area contributed by atoms with Crippen molar-refractivity contribution in [1.29, 1.82) is 0 Å². The Balaban J connectivity index is 2.04. The van der Waals surface area contributed by atoms with Crippen LogP contribution in [0.2, 0.25) is 0 Å². The van der Waals surface area contributed by atoms with E-state index in [4.69, 9.17) is 4.74 Å². The van der Waals surface area contributed by atoms with Gasteiger partial charge in [-0.2, -0.15) is 0 Å². The molecule has 0 aromatic heterocycles. The van der Waals surface area contributed by atoms with E-state index in [0.29, 0.717) is 24.4 Å². The second kappa shape index (κ2) is 4.50. The second-order valence-electron chi connectivity index (χ2n) is 3.05. The van der Waals surface area contributed by atoms with Crippen LogP contribution in [0.4, 0.5) is 0 Å². The minimum Gasteiger partial charge on any atom is -0.408 e. The predicted molar refractivity (Wildman–Crippen MR) is 57.3 cm³/mol. The average Bonchev–Trinajstić information content (AvgIpc) is 2.31. The summed E-state index contributed by atoms with van der Waals surface area (Å²) in [5.74, 6) is 0.0588. The van der Waals surface area contributed by atoms with Crippen LogP contribution < -0.4 is 0 Å². The van der Waals surface area contributed by atoms with Gasteiger partial charge in [0.25, 0.3) is 0 Å². The number of esters is 1. The van der Waals surface area contributed by atoms with Crippen LogP contribution >= 0.6 is 0 Å². The number of carbonyl (C=O) groups excluding carboxylic acids is 1. The van der Waals surface area contributed by atoms with Crippen LogP contribution in [0.25, 0.3) is 0 Å². The van der Waals surface area contributed by atoms with Crippen molar-refractivity contribution in [2.45, 2.75) is 6.42 Å². The first-order chi connectivity index (χ1) is 7.36. The lowest BCUT2D eigenvalue weighted by atomic mass is 10.2. The normalized spacial score (nSPS) is 14.5. The minimum atomic E-state index is -0.371. The average molecular weight is 202 g/mol. The van der Waals surface area contributed by atoms with Gasteiger partial charge in [-0.05, 0) is 12.1 Å². The van der Waals surface area contributed by atoms with Crippen LogP contribution in [0.3, 0.4) is 0 Å². The van der Waals surface area contributed by atoms with E-state index in [-0.39, 0.29) is 5.97 Å². The van der Waals surface area contributed by atoms with E-state index in [1.807, 2.05) is 6.07 Å². The lowest BCUT2D eigenvalue weighted by molar-refractivity contribution is 0.0712. The smallest absolute Gasteiger partial charge is 0.344 e. The molecule has 0 radical (unpaired) electrons. The lowest BCUT2D eigenvalue weighted by Gasteiger charge is -2.07. The van der Waals surface area contributed by atoms with E-state index in [9.17, 15) is 4.79 Å². The SMILES string of the molecule is O=C(OC1=NC=NCC1)c1ccccc1. The van der Waals surface area contributed by atoms with E-state index in [1.54, 1.807) is 24.3 Å². The number of ether oxygens (including phenoxy) is 1. The van der Waals surface area contributed by atoms with E-state index >= 15 is 0 Å². The van der Waals surface area contributed by atoms with Crippen LogP contribution in [0.1, 0.15) is 16.8 Å². The zero-order valence-corrected chi connectivity index (χ0v) is 8.09. The number of hydrogen-bond donors (Lipinski definition) is 0. The van der Waals surface area contributed by atoms with Crippen molar-refractivity contribution in [1.82, 2.24) is 0 Å². The van der Waals surface area contributed by atoms with Crippen molar-refractivity contribution in [2.24, 2.45) is 9.98 Å². The Morgan fingerprint density at radius 2 is 2.07 bits per heavy atom.